The average Bonchev–Trinajstić information content (AvgIpc) is 2.85. The van der Waals surface area contributed by atoms with Gasteiger partial charge >= 0.3 is 0 Å². The lowest BCUT2D eigenvalue weighted by Gasteiger charge is -1.98. The summed E-state index contributed by atoms with van der Waals surface area (Å²) in [7, 11) is 0. The molecule has 2 rings (SSSR count). The van der Waals surface area contributed by atoms with Crippen molar-refractivity contribution in [3.63, 3.8) is 0 Å². The van der Waals surface area contributed by atoms with Gasteiger partial charge in [-0.25, -0.2) is 0 Å². The molecule has 0 saturated heterocycles. The van der Waals surface area contributed by atoms with E-state index >= 15 is 0 Å². The third-order valence-corrected chi connectivity index (χ3v) is 3.14. The number of rotatable bonds is 3. The zero-order chi connectivity index (χ0) is 9.97. The van der Waals surface area contributed by atoms with Crippen molar-refractivity contribution in [3.8, 4) is 11.3 Å². The number of nitrogens with zero attached hydrogens (tertiary/aromatic N) is 1. The van der Waals surface area contributed by atoms with Crippen LogP contribution in [0.4, 0.5) is 0 Å². The van der Waals surface area contributed by atoms with E-state index in [4.69, 9.17) is 0 Å². The fourth-order valence-corrected chi connectivity index (χ4v) is 2.35. The van der Waals surface area contributed by atoms with E-state index in [9.17, 15) is 0 Å². The van der Waals surface area contributed by atoms with Crippen LogP contribution in [0, 0.1) is 0 Å². The molecule has 2 aromatic heterocycles. The predicted molar refractivity (Wildman–Crippen MR) is 60.7 cm³/mol. The lowest BCUT2D eigenvalue weighted by atomic mass is 10.1. The third-order valence-electron chi connectivity index (χ3n) is 2.45. The van der Waals surface area contributed by atoms with Crippen molar-refractivity contribution in [1.82, 2.24) is 10.2 Å². The Kier molecular flexibility index (Phi) is 2.68. The number of thiophene rings is 1. The number of hydrogen-bond acceptors (Lipinski definition) is 2. The van der Waals surface area contributed by atoms with Crippen LogP contribution in [0.5, 0.6) is 0 Å². The molecule has 0 amide bonds. The number of aromatic nitrogens is 2. The number of hydrogen-bond donors (Lipinski definition) is 1. The van der Waals surface area contributed by atoms with Crippen LogP contribution in [0.1, 0.15) is 25.1 Å². The van der Waals surface area contributed by atoms with Crippen LogP contribution in [-0.4, -0.2) is 10.2 Å². The van der Waals surface area contributed by atoms with E-state index in [-0.39, 0.29) is 0 Å². The van der Waals surface area contributed by atoms with E-state index in [2.05, 4.69) is 40.9 Å². The van der Waals surface area contributed by atoms with Crippen molar-refractivity contribution in [2.45, 2.75) is 26.7 Å². The lowest BCUT2D eigenvalue weighted by Crippen LogP contribution is -1.88. The first-order chi connectivity index (χ1) is 6.86. The van der Waals surface area contributed by atoms with E-state index in [0.29, 0.717) is 0 Å². The van der Waals surface area contributed by atoms with Crippen molar-refractivity contribution in [1.29, 1.82) is 0 Å². The average molecular weight is 206 g/mol. The highest BCUT2D eigenvalue weighted by Crippen LogP contribution is 2.26. The van der Waals surface area contributed by atoms with Crippen LogP contribution >= 0.6 is 11.3 Å². The van der Waals surface area contributed by atoms with Crippen molar-refractivity contribution < 1.29 is 0 Å². The molecule has 0 spiro atoms. The van der Waals surface area contributed by atoms with E-state index in [1.807, 2.05) is 0 Å². The molecule has 0 bridgehead atoms. The molecular formula is C11H14N2S. The molecule has 3 heteroatoms. The Hall–Kier alpha value is -1.09. The number of aromatic amines is 1. The van der Waals surface area contributed by atoms with Gasteiger partial charge in [-0.15, -0.1) is 0 Å². The van der Waals surface area contributed by atoms with Crippen LogP contribution in [0.25, 0.3) is 11.3 Å². The van der Waals surface area contributed by atoms with Gasteiger partial charge < -0.3 is 0 Å². The lowest BCUT2D eigenvalue weighted by molar-refractivity contribution is 0.957. The van der Waals surface area contributed by atoms with Crippen LogP contribution in [0.3, 0.4) is 0 Å². The number of nitrogens with one attached hydrogen (secondary N) is 1. The minimum absolute atomic E-state index is 1.03. The van der Waals surface area contributed by atoms with Crippen molar-refractivity contribution in [3.05, 3.63) is 28.1 Å². The maximum absolute atomic E-state index is 4.38. The smallest absolute Gasteiger partial charge is 0.0963 e. The van der Waals surface area contributed by atoms with Crippen LogP contribution in [-0.2, 0) is 12.8 Å². The van der Waals surface area contributed by atoms with Gasteiger partial charge in [0.2, 0.25) is 0 Å². The summed E-state index contributed by atoms with van der Waals surface area (Å²) in [6, 6.07) is 2.12. The Bertz CT molecular complexity index is 401. The molecule has 0 aliphatic carbocycles. The highest BCUT2D eigenvalue weighted by molar-refractivity contribution is 7.08. The normalized spacial score (nSPS) is 10.7. The molecule has 0 aromatic carbocycles. The molecule has 0 aliphatic heterocycles. The summed E-state index contributed by atoms with van der Waals surface area (Å²) in [6.07, 6.45) is 2.07. The summed E-state index contributed by atoms with van der Waals surface area (Å²) < 4.78 is 0. The van der Waals surface area contributed by atoms with Gasteiger partial charge in [-0.2, -0.15) is 16.4 Å². The summed E-state index contributed by atoms with van der Waals surface area (Å²) in [5, 5.41) is 11.7. The van der Waals surface area contributed by atoms with Gasteiger partial charge in [0.1, 0.15) is 0 Å². The Balaban J connectivity index is 2.48. The summed E-state index contributed by atoms with van der Waals surface area (Å²) >= 11 is 1.72. The maximum Gasteiger partial charge on any atom is 0.0963 e. The van der Waals surface area contributed by atoms with Crippen LogP contribution in [0.15, 0.2) is 16.8 Å². The van der Waals surface area contributed by atoms with Gasteiger partial charge in [-0.3, -0.25) is 5.10 Å². The molecule has 0 radical (unpaired) electrons. The molecule has 0 aliphatic rings. The number of H-pyrrole nitrogens is 1. The SMILES string of the molecule is CCc1[nH]nc(-c2ccsc2)c1CC. The molecule has 2 aromatic rings. The number of aryl methyl sites for hydroxylation is 1. The fourth-order valence-electron chi connectivity index (χ4n) is 1.71. The molecule has 2 nitrogen and oxygen atoms in total. The molecule has 0 saturated carbocycles. The first kappa shape index (κ1) is 9.46. The molecule has 2 heterocycles. The van der Waals surface area contributed by atoms with E-state index in [1.165, 1.54) is 16.8 Å². The van der Waals surface area contributed by atoms with Crippen LogP contribution in [0.2, 0.25) is 0 Å². The largest absolute Gasteiger partial charge is 0.282 e. The van der Waals surface area contributed by atoms with Gasteiger partial charge in [0.25, 0.3) is 0 Å². The van der Waals surface area contributed by atoms with E-state index in [0.717, 1.165) is 18.5 Å². The van der Waals surface area contributed by atoms with Gasteiger partial charge in [0.15, 0.2) is 0 Å². The van der Waals surface area contributed by atoms with Gasteiger partial charge in [-0.05, 0) is 24.3 Å². The second-order valence-electron chi connectivity index (χ2n) is 3.25. The van der Waals surface area contributed by atoms with Crippen molar-refractivity contribution >= 4 is 11.3 Å². The molecule has 0 atom stereocenters. The monoisotopic (exact) mass is 206 g/mol. The highest BCUT2D eigenvalue weighted by atomic mass is 32.1. The van der Waals surface area contributed by atoms with E-state index in [1.54, 1.807) is 11.3 Å². The van der Waals surface area contributed by atoms with Crippen molar-refractivity contribution in [2.24, 2.45) is 0 Å². The zero-order valence-electron chi connectivity index (χ0n) is 8.50. The minimum atomic E-state index is 1.03. The van der Waals surface area contributed by atoms with Gasteiger partial charge in [0.05, 0.1) is 5.69 Å². The molecule has 1 N–H and O–H groups in total. The summed E-state index contributed by atoms with van der Waals surface area (Å²) in [4.78, 5) is 0. The minimum Gasteiger partial charge on any atom is -0.282 e. The first-order valence-electron chi connectivity index (χ1n) is 4.95. The first-order valence-corrected chi connectivity index (χ1v) is 5.89. The third kappa shape index (κ3) is 1.48. The molecule has 0 fully saturated rings. The molecule has 0 unspecified atom stereocenters. The van der Waals surface area contributed by atoms with E-state index < -0.39 is 0 Å². The Morgan fingerprint density at radius 3 is 2.79 bits per heavy atom. The predicted octanol–water partition coefficient (Wildman–Crippen LogP) is 3.26. The fraction of sp³-hybridized carbons (Fsp3) is 0.364. The summed E-state index contributed by atoms with van der Waals surface area (Å²) in [5.41, 5.74) is 5.01. The second kappa shape index (κ2) is 3.96. The summed E-state index contributed by atoms with van der Waals surface area (Å²) in [5.74, 6) is 0. The highest BCUT2D eigenvalue weighted by Gasteiger charge is 2.11. The quantitative estimate of drug-likeness (QED) is 0.820. The topological polar surface area (TPSA) is 28.7 Å². The zero-order valence-corrected chi connectivity index (χ0v) is 9.32. The standard InChI is InChI=1S/C11H14N2S/c1-3-9-10(4-2)12-13-11(9)8-5-6-14-7-8/h5-7H,3-4H2,1-2H3,(H,12,13). The Labute approximate surface area is 88.0 Å². The summed E-state index contributed by atoms with van der Waals surface area (Å²) in [6.45, 7) is 4.34. The van der Waals surface area contributed by atoms with Gasteiger partial charge in [0, 0.05) is 22.2 Å². The van der Waals surface area contributed by atoms with Gasteiger partial charge in [-0.1, -0.05) is 13.8 Å². The Morgan fingerprint density at radius 1 is 1.36 bits per heavy atom. The second-order valence-corrected chi connectivity index (χ2v) is 4.03. The van der Waals surface area contributed by atoms with Crippen LogP contribution < -0.4 is 0 Å². The molecule has 74 valence electrons. The maximum atomic E-state index is 4.38. The molecular weight excluding hydrogens is 192 g/mol. The Morgan fingerprint density at radius 2 is 2.21 bits per heavy atom. The molecule has 14 heavy (non-hydrogen) atoms. The van der Waals surface area contributed by atoms with Crippen molar-refractivity contribution in [2.75, 3.05) is 0 Å².